The number of ether oxygens (including phenoxy) is 5. The highest BCUT2D eigenvalue weighted by molar-refractivity contribution is 6.74. The molecule has 3 aliphatic rings. The van der Waals surface area contributed by atoms with Gasteiger partial charge < -0.3 is 43.0 Å². The summed E-state index contributed by atoms with van der Waals surface area (Å²) >= 11 is 0. The van der Waals surface area contributed by atoms with Crippen molar-refractivity contribution in [2.24, 2.45) is 23.7 Å². The van der Waals surface area contributed by atoms with E-state index in [1.807, 2.05) is 0 Å². The number of nitrogens with one attached hydrogen (secondary N) is 1. The maximum Gasteiger partial charge on any atom is 0.303 e. The molecule has 12 atom stereocenters. The normalized spacial score (nSPS) is 23.8. The predicted molar refractivity (Wildman–Crippen MR) is 351 cm³/mol. The predicted octanol–water partition coefficient (Wildman–Crippen LogP) is 17.7. The average Bonchev–Trinajstić information content (AvgIpc) is 3.08. The lowest BCUT2D eigenvalue weighted by atomic mass is 9.98. The van der Waals surface area contributed by atoms with Gasteiger partial charge in [0.05, 0.1) is 18.8 Å². The van der Waals surface area contributed by atoms with E-state index in [4.69, 9.17) is 32.5 Å². The third kappa shape index (κ3) is 31.4. The second-order valence-corrected chi connectivity index (χ2v) is 38.9. The maximum absolute atomic E-state index is 15.2. The van der Waals surface area contributed by atoms with Gasteiger partial charge in [0.25, 0.3) is 0 Å². The fourth-order valence-electron chi connectivity index (χ4n) is 12.0. The number of hydrogen-bond acceptors (Lipinski definition) is 12. The Morgan fingerprint density at radius 3 is 1.44 bits per heavy atom. The van der Waals surface area contributed by atoms with Crippen molar-refractivity contribution in [3.63, 3.8) is 0 Å². The third-order valence-corrected chi connectivity index (χ3v) is 28.7. The van der Waals surface area contributed by atoms with Crippen molar-refractivity contribution >= 4 is 40.4 Å². The molecule has 13 nitrogen and oxygen atoms in total. The van der Waals surface area contributed by atoms with E-state index in [1.165, 1.54) is 188 Å². The van der Waals surface area contributed by atoms with E-state index in [-0.39, 0.29) is 29.2 Å². The molecule has 496 valence electrons. The van der Waals surface area contributed by atoms with Crippen molar-refractivity contribution in [2.75, 3.05) is 13.2 Å². The molecule has 3 rings (SSSR count). The molecule has 3 fully saturated rings. The minimum absolute atomic E-state index is 0.146. The summed E-state index contributed by atoms with van der Waals surface area (Å²) in [5, 5.41) is 15.0. The minimum atomic E-state index is -2.49. The van der Waals surface area contributed by atoms with Crippen molar-refractivity contribution < 1.29 is 56.8 Å². The molecule has 15 heteroatoms. The standard InChI is InChI=1S/C70H131NO12Si2/c1-16-18-20-22-24-26-31-37-43-56-49-58(56)45-39-33-28-29-35-42-48-62(83-85(14,15)70(9,10)11)67(76)71-60(51-78-68-64(75)66(80-55(5)74)65(79-54(4)73)63(81-68)52-77-53(3)72)61(82-84(12,13)69(6,7)8)47-41-36-30-34-40-46-59-50-57(59)44-38-32-27-25-23-21-19-17-2/h29,35,56-66,68,75H,16-28,30-34,36-52H2,1-15H3,(H,71,76)/b35-29-/t56-,57-,58+,59+,60+,61-,62-,63-,64-,65-,66-,68-/m1/s1. The molecule has 0 radical (unpaired) electrons. The third-order valence-electron chi connectivity index (χ3n) is 19.7. The van der Waals surface area contributed by atoms with Crippen LogP contribution in [0, 0.1) is 23.7 Å². The summed E-state index contributed by atoms with van der Waals surface area (Å²) in [6, 6.07) is -0.719. The van der Waals surface area contributed by atoms with Gasteiger partial charge in [0.15, 0.2) is 35.1 Å². The van der Waals surface area contributed by atoms with Crippen LogP contribution in [0.4, 0.5) is 0 Å². The lowest BCUT2D eigenvalue weighted by Crippen LogP contribution is -2.62. The zero-order valence-corrected chi connectivity index (χ0v) is 59.3. The average molecular weight is 1230 g/mol. The van der Waals surface area contributed by atoms with Gasteiger partial charge in [-0.3, -0.25) is 19.2 Å². The molecule has 0 unspecified atom stereocenters. The highest BCUT2D eigenvalue weighted by Crippen LogP contribution is 2.47. The first kappa shape index (κ1) is 77.1. The first-order valence-corrected chi connectivity index (χ1v) is 40.8. The van der Waals surface area contributed by atoms with Crippen LogP contribution in [-0.4, -0.2) is 108 Å². The molecule has 85 heavy (non-hydrogen) atoms. The van der Waals surface area contributed by atoms with Crippen molar-refractivity contribution in [1.29, 1.82) is 0 Å². The van der Waals surface area contributed by atoms with Crippen LogP contribution < -0.4 is 5.32 Å². The maximum atomic E-state index is 15.2. The highest BCUT2D eigenvalue weighted by atomic mass is 28.4. The van der Waals surface area contributed by atoms with Crippen molar-refractivity contribution in [3.05, 3.63) is 12.2 Å². The molecule has 1 saturated heterocycles. The second kappa shape index (κ2) is 40.6. The van der Waals surface area contributed by atoms with E-state index >= 15 is 4.79 Å². The zero-order valence-electron chi connectivity index (χ0n) is 57.3. The minimum Gasteiger partial charge on any atom is -0.463 e. The number of carbonyl (C=O) groups is 4. The van der Waals surface area contributed by atoms with Gasteiger partial charge in [-0.05, 0) is 105 Å². The summed E-state index contributed by atoms with van der Waals surface area (Å²) in [6.07, 6.45) is 37.6. The lowest BCUT2D eigenvalue weighted by molar-refractivity contribution is -0.307. The second-order valence-electron chi connectivity index (χ2n) is 29.4. The van der Waals surface area contributed by atoms with Crippen molar-refractivity contribution in [3.8, 4) is 0 Å². The van der Waals surface area contributed by atoms with Crippen molar-refractivity contribution in [2.45, 2.75) is 373 Å². The Morgan fingerprint density at radius 1 is 0.553 bits per heavy atom. The van der Waals surface area contributed by atoms with Gasteiger partial charge in [-0.25, -0.2) is 0 Å². The number of aliphatic hydroxyl groups is 1. The molecule has 2 aliphatic carbocycles. The van der Waals surface area contributed by atoms with Gasteiger partial charge in [0.2, 0.25) is 5.91 Å². The molecule has 1 aliphatic heterocycles. The topological polar surface area (TPSA) is 165 Å². The lowest BCUT2D eigenvalue weighted by Gasteiger charge is -2.44. The number of aliphatic hydroxyl groups excluding tert-OH is 1. The molecule has 0 aromatic heterocycles. The van der Waals surface area contributed by atoms with E-state index in [1.54, 1.807) is 0 Å². The Bertz CT molecular complexity index is 1880. The van der Waals surface area contributed by atoms with Gasteiger partial charge in [0.1, 0.15) is 24.9 Å². The van der Waals surface area contributed by atoms with Crippen molar-refractivity contribution in [1.82, 2.24) is 5.32 Å². The molecule has 0 aromatic carbocycles. The molecular formula is C70H131NO12Si2. The number of carbonyl (C=O) groups excluding carboxylic acids is 4. The van der Waals surface area contributed by atoms with Gasteiger partial charge in [0, 0.05) is 20.8 Å². The number of amides is 1. The van der Waals surface area contributed by atoms with E-state index in [0.717, 1.165) is 49.4 Å². The van der Waals surface area contributed by atoms with Gasteiger partial charge in [-0.15, -0.1) is 0 Å². The Kier molecular flexibility index (Phi) is 36.8. The summed E-state index contributed by atoms with van der Waals surface area (Å²) in [4.78, 5) is 52.2. The fourth-order valence-corrected chi connectivity index (χ4v) is 14.6. The van der Waals surface area contributed by atoms with Crippen LogP contribution in [0.15, 0.2) is 12.2 Å². The molecule has 2 N–H and O–H groups in total. The monoisotopic (exact) mass is 1230 g/mol. The first-order chi connectivity index (χ1) is 40.2. The fraction of sp³-hybridized carbons (Fsp3) is 0.914. The number of hydrogen-bond donors (Lipinski definition) is 2. The number of allylic oxidation sites excluding steroid dienone is 2. The van der Waals surface area contributed by atoms with E-state index in [0.29, 0.717) is 19.3 Å². The summed E-state index contributed by atoms with van der Waals surface area (Å²) < 4.78 is 43.8. The Balaban J connectivity index is 1.79. The first-order valence-electron chi connectivity index (χ1n) is 34.9. The molecule has 0 aromatic rings. The van der Waals surface area contributed by atoms with Crippen LogP contribution in [0.3, 0.4) is 0 Å². The zero-order chi connectivity index (χ0) is 63.1. The van der Waals surface area contributed by atoms with Gasteiger partial charge in [-0.1, -0.05) is 234 Å². The molecule has 1 heterocycles. The number of rotatable bonds is 48. The van der Waals surface area contributed by atoms with Crippen LogP contribution >= 0.6 is 0 Å². The molecule has 0 bridgehead atoms. The number of unbranched alkanes of at least 4 members (excludes halogenated alkanes) is 20. The Morgan fingerprint density at radius 2 is 0.976 bits per heavy atom. The van der Waals surface area contributed by atoms with Gasteiger partial charge >= 0.3 is 17.9 Å². The summed E-state index contributed by atoms with van der Waals surface area (Å²) in [7, 11) is -4.96. The molecule has 2 saturated carbocycles. The smallest absolute Gasteiger partial charge is 0.303 e. The highest BCUT2D eigenvalue weighted by Gasteiger charge is 2.51. The summed E-state index contributed by atoms with van der Waals surface area (Å²) in [6.45, 7) is 29.7. The largest absolute Gasteiger partial charge is 0.463 e. The van der Waals surface area contributed by atoms with Crippen LogP contribution in [-0.2, 0) is 51.7 Å². The molecular weight excluding hydrogens is 1100 g/mol. The molecule has 1 amide bonds. The SMILES string of the molecule is CCCCCCCCCC[C@@H]1C[C@@H]1CCCC/C=C\CC[C@@H](O[Si](C)(C)C(C)(C)C)C(=O)N[C@@H](CO[C@@H]1O[C@H](COC(C)=O)[C@@H](OC(C)=O)[C@H](OC(C)=O)[C@H]1O)[C@@H](CCCCCCC[C@H]1C[C@H]1CCCCCCCCCC)O[Si](C)(C)C(C)(C)C. The van der Waals surface area contributed by atoms with E-state index in [2.05, 4.69) is 99.0 Å². The summed E-state index contributed by atoms with van der Waals surface area (Å²) in [5.41, 5.74) is 0. The Hall–Kier alpha value is -2.15. The van der Waals surface area contributed by atoms with Gasteiger partial charge in [-0.2, -0.15) is 0 Å². The van der Waals surface area contributed by atoms with E-state index < -0.39 is 83.5 Å². The van der Waals surface area contributed by atoms with Crippen LogP contribution in [0.2, 0.25) is 36.3 Å². The number of esters is 3. The quantitative estimate of drug-likeness (QED) is 0.0195. The van der Waals surface area contributed by atoms with Crippen LogP contribution in [0.1, 0.15) is 288 Å². The summed E-state index contributed by atoms with van der Waals surface area (Å²) in [5.74, 6) is 1.45. The van der Waals surface area contributed by atoms with E-state index in [9.17, 15) is 19.5 Å². The van der Waals surface area contributed by atoms with Crippen LogP contribution in [0.25, 0.3) is 0 Å². The van der Waals surface area contributed by atoms with Crippen LogP contribution in [0.5, 0.6) is 0 Å². The molecule has 0 spiro atoms. The Labute approximate surface area is 522 Å².